The average Bonchev–Trinajstić information content (AvgIpc) is 3.09. The number of nitrogens with zero attached hydrogens (tertiary/aromatic N) is 1. The number of hydrogen-bond donors (Lipinski definition) is 3. The lowest BCUT2D eigenvalue weighted by Crippen LogP contribution is -2.19. The van der Waals surface area contributed by atoms with Gasteiger partial charge >= 0.3 is 6.03 Å². The lowest BCUT2D eigenvalue weighted by atomic mass is 10.2. The summed E-state index contributed by atoms with van der Waals surface area (Å²) in [7, 11) is 3.08. The van der Waals surface area contributed by atoms with Crippen molar-refractivity contribution in [3.05, 3.63) is 36.4 Å². The lowest BCUT2D eigenvalue weighted by Gasteiger charge is -2.12. The van der Waals surface area contributed by atoms with Crippen LogP contribution in [0, 0.1) is 0 Å². The summed E-state index contributed by atoms with van der Waals surface area (Å²) in [6, 6.07) is 10.0. The van der Waals surface area contributed by atoms with Gasteiger partial charge in [-0.15, -0.1) is 0 Å². The fourth-order valence-electron chi connectivity index (χ4n) is 2.45. The molecule has 2 aromatic carbocycles. The maximum Gasteiger partial charge on any atom is 0.323 e. The minimum absolute atomic E-state index is 0.0924. The van der Waals surface area contributed by atoms with E-state index < -0.39 is 6.03 Å². The van der Waals surface area contributed by atoms with Crippen molar-refractivity contribution in [3.8, 4) is 11.5 Å². The second kappa shape index (κ2) is 8.57. The van der Waals surface area contributed by atoms with Crippen LogP contribution >= 0.6 is 11.3 Å². The van der Waals surface area contributed by atoms with E-state index in [0.717, 1.165) is 10.2 Å². The highest BCUT2D eigenvalue weighted by atomic mass is 32.1. The zero-order chi connectivity index (χ0) is 20.1. The van der Waals surface area contributed by atoms with Gasteiger partial charge < -0.3 is 25.4 Å². The van der Waals surface area contributed by atoms with Gasteiger partial charge in [-0.3, -0.25) is 4.79 Å². The number of hydrogen-bond acceptors (Lipinski definition) is 6. The second-order valence-corrected chi connectivity index (χ2v) is 6.78. The largest absolute Gasteiger partial charge is 0.497 e. The molecule has 3 N–H and O–H groups in total. The number of rotatable bonds is 6. The summed E-state index contributed by atoms with van der Waals surface area (Å²) in [5.74, 6) is 1.03. The molecule has 146 valence electrons. The predicted molar refractivity (Wildman–Crippen MR) is 111 cm³/mol. The van der Waals surface area contributed by atoms with Gasteiger partial charge in [0.25, 0.3) is 0 Å². The molecule has 0 atom stereocenters. The van der Waals surface area contributed by atoms with Crippen LogP contribution in [-0.2, 0) is 4.79 Å². The monoisotopic (exact) mass is 400 g/mol. The first-order chi connectivity index (χ1) is 13.5. The van der Waals surface area contributed by atoms with Crippen LogP contribution in [0.1, 0.15) is 13.3 Å². The lowest BCUT2D eigenvalue weighted by molar-refractivity contribution is -0.115. The molecule has 9 heteroatoms. The van der Waals surface area contributed by atoms with Crippen LogP contribution in [-0.4, -0.2) is 31.1 Å². The van der Waals surface area contributed by atoms with Gasteiger partial charge in [0, 0.05) is 18.2 Å². The minimum atomic E-state index is -0.410. The van der Waals surface area contributed by atoms with Crippen LogP contribution in [0.4, 0.5) is 21.3 Å². The number of urea groups is 1. The number of anilines is 3. The Balaban J connectivity index is 1.71. The summed E-state index contributed by atoms with van der Waals surface area (Å²) in [5.41, 5.74) is 1.87. The first-order valence-electron chi connectivity index (χ1n) is 8.53. The Labute approximate surface area is 165 Å². The zero-order valence-corrected chi connectivity index (χ0v) is 16.5. The molecule has 0 saturated carbocycles. The Kier molecular flexibility index (Phi) is 5.95. The second-order valence-electron chi connectivity index (χ2n) is 5.75. The fraction of sp³-hybridized carbons (Fsp3) is 0.211. The van der Waals surface area contributed by atoms with Crippen LogP contribution in [0.5, 0.6) is 11.5 Å². The van der Waals surface area contributed by atoms with Gasteiger partial charge in [-0.25, -0.2) is 9.78 Å². The Hall–Kier alpha value is -3.33. The Morgan fingerprint density at radius 3 is 2.57 bits per heavy atom. The molecule has 0 aliphatic rings. The number of fused-ring (bicyclic) bond motifs is 1. The van der Waals surface area contributed by atoms with Crippen molar-refractivity contribution in [2.45, 2.75) is 13.3 Å². The smallest absolute Gasteiger partial charge is 0.323 e. The van der Waals surface area contributed by atoms with Gasteiger partial charge in [0.1, 0.15) is 11.5 Å². The maximum absolute atomic E-state index is 12.4. The molecule has 1 aromatic heterocycles. The summed E-state index contributed by atoms with van der Waals surface area (Å²) >= 11 is 1.35. The van der Waals surface area contributed by atoms with Gasteiger partial charge in [-0.2, -0.15) is 0 Å². The predicted octanol–water partition coefficient (Wildman–Crippen LogP) is 4.31. The van der Waals surface area contributed by atoms with Crippen molar-refractivity contribution in [3.63, 3.8) is 0 Å². The number of thiazole rings is 1. The molecule has 0 aliphatic heterocycles. The van der Waals surface area contributed by atoms with E-state index in [0.29, 0.717) is 34.4 Å². The van der Waals surface area contributed by atoms with Gasteiger partial charge in [-0.05, 0) is 30.3 Å². The molecular formula is C19H20N4O4S. The van der Waals surface area contributed by atoms with E-state index >= 15 is 0 Å². The van der Waals surface area contributed by atoms with E-state index in [4.69, 9.17) is 9.47 Å². The topological polar surface area (TPSA) is 102 Å². The quantitative estimate of drug-likeness (QED) is 0.572. The highest BCUT2D eigenvalue weighted by Gasteiger charge is 2.11. The third kappa shape index (κ3) is 4.49. The van der Waals surface area contributed by atoms with Gasteiger partial charge in [0.2, 0.25) is 5.91 Å². The van der Waals surface area contributed by atoms with E-state index in [1.54, 1.807) is 50.4 Å². The summed E-state index contributed by atoms with van der Waals surface area (Å²) in [6.45, 7) is 1.78. The van der Waals surface area contributed by atoms with Crippen LogP contribution in [0.25, 0.3) is 10.2 Å². The van der Waals surface area contributed by atoms with E-state index in [2.05, 4.69) is 20.9 Å². The summed E-state index contributed by atoms with van der Waals surface area (Å²) in [4.78, 5) is 28.2. The van der Waals surface area contributed by atoms with Crippen molar-refractivity contribution in [2.24, 2.45) is 0 Å². The van der Waals surface area contributed by atoms with Crippen molar-refractivity contribution in [1.29, 1.82) is 0 Å². The number of aromatic nitrogens is 1. The van der Waals surface area contributed by atoms with Crippen molar-refractivity contribution in [2.75, 3.05) is 30.2 Å². The highest BCUT2D eigenvalue weighted by Crippen LogP contribution is 2.30. The molecule has 0 aliphatic carbocycles. The van der Waals surface area contributed by atoms with Crippen molar-refractivity contribution >= 4 is 50.0 Å². The number of benzene rings is 2. The third-order valence-electron chi connectivity index (χ3n) is 3.87. The number of nitrogens with one attached hydrogen (secondary N) is 3. The molecule has 0 saturated heterocycles. The maximum atomic E-state index is 12.4. The molecule has 28 heavy (non-hydrogen) atoms. The Morgan fingerprint density at radius 1 is 1.04 bits per heavy atom. The minimum Gasteiger partial charge on any atom is -0.497 e. The molecule has 3 aromatic rings. The standard InChI is InChI=1S/C19H20N4O4S/c1-4-17(24)23-19-22-14-7-5-11(9-16(14)28-19)20-18(25)21-13-8-6-12(26-2)10-15(13)27-3/h5-10H,4H2,1-3H3,(H2,20,21,25)(H,22,23,24). The van der Waals surface area contributed by atoms with Gasteiger partial charge in [0.15, 0.2) is 5.13 Å². The number of amides is 3. The number of carbonyl (C=O) groups excluding carboxylic acids is 2. The molecule has 3 rings (SSSR count). The van der Waals surface area contributed by atoms with Crippen LogP contribution in [0.15, 0.2) is 36.4 Å². The molecule has 0 fully saturated rings. The molecule has 0 radical (unpaired) electrons. The Morgan fingerprint density at radius 2 is 1.86 bits per heavy atom. The SMILES string of the molecule is CCC(=O)Nc1nc2ccc(NC(=O)Nc3ccc(OC)cc3OC)cc2s1. The summed E-state index contributed by atoms with van der Waals surface area (Å²) in [5, 5.41) is 8.80. The van der Waals surface area contributed by atoms with E-state index in [1.165, 1.54) is 18.4 Å². The molecule has 0 spiro atoms. The van der Waals surface area contributed by atoms with Crippen molar-refractivity contribution in [1.82, 2.24) is 4.98 Å². The first-order valence-corrected chi connectivity index (χ1v) is 9.34. The van der Waals surface area contributed by atoms with Crippen molar-refractivity contribution < 1.29 is 19.1 Å². The number of methoxy groups -OCH3 is 2. The van der Waals surface area contributed by atoms with Gasteiger partial charge in [0.05, 0.1) is 30.1 Å². The highest BCUT2D eigenvalue weighted by molar-refractivity contribution is 7.22. The van der Waals surface area contributed by atoms with Crippen LogP contribution in [0.3, 0.4) is 0 Å². The molecule has 1 heterocycles. The first kappa shape index (κ1) is 19.4. The molecule has 8 nitrogen and oxygen atoms in total. The van der Waals surface area contributed by atoms with E-state index in [9.17, 15) is 9.59 Å². The molecule has 0 bridgehead atoms. The normalized spacial score (nSPS) is 10.4. The zero-order valence-electron chi connectivity index (χ0n) is 15.7. The number of ether oxygens (including phenoxy) is 2. The van der Waals surface area contributed by atoms with Gasteiger partial charge in [-0.1, -0.05) is 18.3 Å². The number of carbonyl (C=O) groups is 2. The van der Waals surface area contributed by atoms with Crippen LogP contribution < -0.4 is 25.4 Å². The molecule has 0 unspecified atom stereocenters. The fourth-order valence-corrected chi connectivity index (χ4v) is 3.37. The molecular weight excluding hydrogens is 380 g/mol. The Bertz CT molecular complexity index is 1020. The molecule has 3 amide bonds. The van der Waals surface area contributed by atoms with Crippen LogP contribution in [0.2, 0.25) is 0 Å². The summed E-state index contributed by atoms with van der Waals surface area (Å²) < 4.78 is 11.3. The summed E-state index contributed by atoms with van der Waals surface area (Å²) in [6.07, 6.45) is 0.387. The van der Waals surface area contributed by atoms with E-state index in [-0.39, 0.29) is 5.91 Å². The van der Waals surface area contributed by atoms with E-state index in [1.807, 2.05) is 0 Å². The third-order valence-corrected chi connectivity index (χ3v) is 4.80. The average molecular weight is 400 g/mol.